The number of carbonyl (C=O) groups is 2. The summed E-state index contributed by atoms with van der Waals surface area (Å²) in [5, 5.41) is 0. The summed E-state index contributed by atoms with van der Waals surface area (Å²) in [6, 6.07) is 15.9. The molecule has 6 heteroatoms. The first-order valence-electron chi connectivity index (χ1n) is 11.1. The fourth-order valence-electron chi connectivity index (χ4n) is 3.23. The van der Waals surface area contributed by atoms with Crippen molar-refractivity contribution in [3.8, 4) is 11.5 Å². The zero-order valence-corrected chi connectivity index (χ0v) is 19.5. The summed E-state index contributed by atoms with van der Waals surface area (Å²) in [6.45, 7) is 6.69. The lowest BCUT2D eigenvalue weighted by Crippen LogP contribution is -2.10. The fourth-order valence-corrected chi connectivity index (χ4v) is 3.23. The molecule has 6 nitrogen and oxygen atoms in total. The van der Waals surface area contributed by atoms with Crippen LogP contribution in [0.2, 0.25) is 0 Å². The Labute approximate surface area is 195 Å². The summed E-state index contributed by atoms with van der Waals surface area (Å²) in [5.74, 6) is 0.971. The smallest absolute Gasteiger partial charge is 0.330 e. The van der Waals surface area contributed by atoms with Gasteiger partial charge in [0.2, 0.25) is 0 Å². The molecule has 0 unspecified atom stereocenters. The SMILES string of the molecule is CC=CC(=O)OCCOc1ccc(C(CC)c2ccc(OCCOC(=O)C=CC)cc2)cc1. The average molecular weight is 453 g/mol. The molecule has 0 aromatic heterocycles. The first-order chi connectivity index (χ1) is 16.1. The van der Waals surface area contributed by atoms with Gasteiger partial charge in [0.25, 0.3) is 0 Å². The molecule has 2 aromatic carbocycles. The normalized spacial score (nSPS) is 12.0. The van der Waals surface area contributed by atoms with Crippen molar-refractivity contribution < 1.29 is 28.5 Å². The maximum Gasteiger partial charge on any atom is 0.330 e. The molecule has 0 amide bonds. The Bertz CT molecular complexity index is 837. The van der Waals surface area contributed by atoms with Crippen LogP contribution in [0, 0.1) is 0 Å². The van der Waals surface area contributed by atoms with Crippen LogP contribution in [0.15, 0.2) is 72.8 Å². The summed E-state index contributed by atoms with van der Waals surface area (Å²) in [4.78, 5) is 22.6. The molecule has 0 heterocycles. The second kappa shape index (κ2) is 14.5. The van der Waals surface area contributed by atoms with Crippen molar-refractivity contribution >= 4 is 11.9 Å². The number of benzene rings is 2. The molecule has 0 aliphatic rings. The minimum atomic E-state index is -0.369. The molecule has 0 aliphatic heterocycles. The highest BCUT2D eigenvalue weighted by Gasteiger charge is 2.12. The molecule has 0 saturated heterocycles. The van der Waals surface area contributed by atoms with Gasteiger partial charge in [0.05, 0.1) is 0 Å². The van der Waals surface area contributed by atoms with Gasteiger partial charge in [-0.25, -0.2) is 9.59 Å². The zero-order chi connectivity index (χ0) is 23.9. The Kier molecular flexibility index (Phi) is 11.3. The molecule has 0 N–H and O–H groups in total. The lowest BCUT2D eigenvalue weighted by atomic mass is 9.89. The van der Waals surface area contributed by atoms with Crippen LogP contribution in [0.3, 0.4) is 0 Å². The quantitative estimate of drug-likeness (QED) is 0.236. The molecule has 33 heavy (non-hydrogen) atoms. The van der Waals surface area contributed by atoms with Gasteiger partial charge in [-0.05, 0) is 55.7 Å². The molecule has 0 aliphatic carbocycles. The molecule has 0 fully saturated rings. The van der Waals surface area contributed by atoms with Crippen LogP contribution in [-0.2, 0) is 19.1 Å². The summed E-state index contributed by atoms with van der Waals surface area (Å²) >= 11 is 0. The van der Waals surface area contributed by atoms with Gasteiger partial charge in [-0.15, -0.1) is 0 Å². The van der Waals surface area contributed by atoms with E-state index in [1.165, 1.54) is 23.3 Å². The first-order valence-corrected chi connectivity index (χ1v) is 11.1. The van der Waals surface area contributed by atoms with Gasteiger partial charge in [-0.1, -0.05) is 43.3 Å². The fraction of sp³-hybridized carbons (Fsp3) is 0.333. The summed E-state index contributed by atoms with van der Waals surface area (Å²) in [5.41, 5.74) is 2.38. The van der Waals surface area contributed by atoms with Gasteiger partial charge in [0, 0.05) is 18.1 Å². The van der Waals surface area contributed by atoms with Crippen LogP contribution in [0.1, 0.15) is 44.2 Å². The van der Waals surface area contributed by atoms with Gasteiger partial charge >= 0.3 is 11.9 Å². The lowest BCUT2D eigenvalue weighted by Gasteiger charge is -2.17. The highest BCUT2D eigenvalue weighted by Crippen LogP contribution is 2.30. The van der Waals surface area contributed by atoms with E-state index in [1.54, 1.807) is 26.0 Å². The van der Waals surface area contributed by atoms with E-state index in [4.69, 9.17) is 18.9 Å². The molecule has 0 saturated carbocycles. The zero-order valence-electron chi connectivity index (χ0n) is 19.5. The van der Waals surface area contributed by atoms with Crippen molar-refractivity contribution in [1.82, 2.24) is 0 Å². The number of hydrogen-bond acceptors (Lipinski definition) is 6. The molecular weight excluding hydrogens is 420 g/mol. The molecule has 0 bridgehead atoms. The highest BCUT2D eigenvalue weighted by atomic mass is 16.6. The molecule has 0 atom stereocenters. The number of rotatable bonds is 13. The Morgan fingerprint density at radius 1 is 0.697 bits per heavy atom. The van der Waals surface area contributed by atoms with Crippen molar-refractivity contribution in [1.29, 1.82) is 0 Å². The van der Waals surface area contributed by atoms with Crippen molar-refractivity contribution in [3.63, 3.8) is 0 Å². The first kappa shape index (κ1) is 25.7. The Morgan fingerprint density at radius 3 is 1.42 bits per heavy atom. The Hall–Kier alpha value is -3.54. The number of allylic oxidation sites excluding steroid dienone is 2. The Morgan fingerprint density at radius 2 is 1.09 bits per heavy atom. The molecular formula is C27H32O6. The van der Waals surface area contributed by atoms with Gasteiger partial charge in [0.1, 0.15) is 37.9 Å². The second-order valence-corrected chi connectivity index (χ2v) is 7.13. The van der Waals surface area contributed by atoms with Crippen LogP contribution in [0.4, 0.5) is 0 Å². The Balaban J connectivity index is 1.85. The number of esters is 2. The van der Waals surface area contributed by atoms with Crippen molar-refractivity contribution in [3.05, 3.63) is 84.0 Å². The van der Waals surface area contributed by atoms with E-state index in [-0.39, 0.29) is 31.1 Å². The van der Waals surface area contributed by atoms with E-state index in [9.17, 15) is 9.59 Å². The predicted molar refractivity (Wildman–Crippen MR) is 128 cm³/mol. The van der Waals surface area contributed by atoms with E-state index in [0.717, 1.165) is 17.9 Å². The average Bonchev–Trinajstić information content (AvgIpc) is 2.82. The van der Waals surface area contributed by atoms with E-state index in [2.05, 4.69) is 31.2 Å². The topological polar surface area (TPSA) is 71.1 Å². The largest absolute Gasteiger partial charge is 0.490 e. The maximum absolute atomic E-state index is 11.3. The van der Waals surface area contributed by atoms with Gasteiger partial charge in [0.15, 0.2) is 0 Å². The molecule has 0 radical (unpaired) electrons. The van der Waals surface area contributed by atoms with Crippen LogP contribution < -0.4 is 9.47 Å². The monoisotopic (exact) mass is 452 g/mol. The van der Waals surface area contributed by atoms with E-state index >= 15 is 0 Å². The van der Waals surface area contributed by atoms with Gasteiger partial charge in [-0.2, -0.15) is 0 Å². The summed E-state index contributed by atoms with van der Waals surface area (Å²) < 4.78 is 21.3. The third kappa shape index (κ3) is 9.23. The van der Waals surface area contributed by atoms with Crippen LogP contribution in [-0.4, -0.2) is 38.4 Å². The lowest BCUT2D eigenvalue weighted by molar-refractivity contribution is -0.139. The number of hydrogen-bond donors (Lipinski definition) is 0. The van der Waals surface area contributed by atoms with Crippen molar-refractivity contribution in [2.24, 2.45) is 0 Å². The second-order valence-electron chi connectivity index (χ2n) is 7.13. The van der Waals surface area contributed by atoms with Crippen molar-refractivity contribution in [2.75, 3.05) is 26.4 Å². The van der Waals surface area contributed by atoms with Crippen LogP contribution in [0.25, 0.3) is 0 Å². The number of ether oxygens (including phenoxy) is 4. The summed E-state index contributed by atoms with van der Waals surface area (Å²) in [7, 11) is 0. The van der Waals surface area contributed by atoms with E-state index < -0.39 is 0 Å². The van der Waals surface area contributed by atoms with E-state index in [0.29, 0.717) is 13.2 Å². The minimum absolute atomic E-state index is 0.204. The molecule has 2 aromatic rings. The molecule has 2 rings (SSSR count). The summed E-state index contributed by atoms with van der Waals surface area (Å²) in [6.07, 6.45) is 6.97. The molecule has 0 spiro atoms. The third-order valence-electron chi connectivity index (χ3n) is 4.77. The molecule has 176 valence electrons. The van der Waals surface area contributed by atoms with Crippen LogP contribution in [0.5, 0.6) is 11.5 Å². The third-order valence-corrected chi connectivity index (χ3v) is 4.77. The minimum Gasteiger partial charge on any atom is -0.490 e. The van der Waals surface area contributed by atoms with Gasteiger partial charge in [-0.3, -0.25) is 0 Å². The van der Waals surface area contributed by atoms with Crippen LogP contribution >= 0.6 is 0 Å². The van der Waals surface area contributed by atoms with E-state index in [1.807, 2.05) is 24.3 Å². The maximum atomic E-state index is 11.3. The van der Waals surface area contributed by atoms with Crippen molar-refractivity contribution in [2.45, 2.75) is 33.1 Å². The predicted octanol–water partition coefficient (Wildman–Crippen LogP) is 5.22. The number of carbonyl (C=O) groups excluding carboxylic acids is 2. The standard InChI is InChI=1S/C27H32O6/c1-4-7-26(28)32-19-17-30-23-13-9-21(10-14-23)25(6-3)22-11-15-24(16-12-22)31-18-20-33-27(29)8-5-2/h4-5,7-16,25H,6,17-20H2,1-3H3. The van der Waals surface area contributed by atoms with Gasteiger partial charge < -0.3 is 18.9 Å². The highest BCUT2D eigenvalue weighted by molar-refractivity contribution is 5.82.